The van der Waals surface area contributed by atoms with E-state index in [4.69, 9.17) is 5.11 Å². The Kier molecular flexibility index (Phi) is 4.56. The highest BCUT2D eigenvalue weighted by molar-refractivity contribution is 5.61. The van der Waals surface area contributed by atoms with Crippen LogP contribution in [0.15, 0.2) is 0 Å². The highest BCUT2D eigenvalue weighted by Crippen LogP contribution is 2.31. The fraction of sp³-hybridized carbons (Fsp3) is 0.750. The Balaban J connectivity index is 2.09. The third-order valence-electron chi connectivity index (χ3n) is 3.65. The summed E-state index contributed by atoms with van der Waals surface area (Å²) in [6, 6.07) is 0. The molecule has 20 heavy (non-hydrogen) atoms. The van der Waals surface area contributed by atoms with Gasteiger partial charge in [-0.25, -0.2) is 4.68 Å². The van der Waals surface area contributed by atoms with E-state index in [0.717, 1.165) is 39.1 Å². The van der Waals surface area contributed by atoms with Crippen LogP contribution in [-0.2, 0) is 7.05 Å². The van der Waals surface area contributed by atoms with E-state index >= 15 is 0 Å². The Bertz CT molecular complexity index is 480. The Labute approximate surface area is 117 Å². The molecule has 8 heteroatoms. The molecule has 112 valence electrons. The van der Waals surface area contributed by atoms with Crippen molar-refractivity contribution in [1.82, 2.24) is 14.7 Å². The predicted molar refractivity (Wildman–Crippen MR) is 75.0 cm³/mol. The lowest BCUT2D eigenvalue weighted by Crippen LogP contribution is -2.47. The molecule has 1 aliphatic rings. The van der Waals surface area contributed by atoms with E-state index in [0.29, 0.717) is 11.5 Å². The number of hydrogen-bond donors (Lipinski definition) is 1. The molecule has 1 saturated heterocycles. The lowest BCUT2D eigenvalue weighted by atomic mass is 10.2. The van der Waals surface area contributed by atoms with Crippen LogP contribution in [0.2, 0.25) is 0 Å². The first-order chi connectivity index (χ1) is 9.54. The van der Waals surface area contributed by atoms with Gasteiger partial charge in [-0.15, -0.1) is 0 Å². The van der Waals surface area contributed by atoms with Crippen LogP contribution in [-0.4, -0.2) is 64.0 Å². The minimum absolute atomic E-state index is 0.108. The molecule has 2 rings (SSSR count). The lowest BCUT2D eigenvalue weighted by Gasteiger charge is -2.35. The van der Waals surface area contributed by atoms with E-state index in [1.807, 2.05) is 4.90 Å². The second-order valence-electron chi connectivity index (χ2n) is 5.04. The number of rotatable bonds is 5. The molecule has 0 radical (unpaired) electrons. The molecule has 0 bridgehead atoms. The van der Waals surface area contributed by atoms with E-state index in [-0.39, 0.29) is 17.2 Å². The van der Waals surface area contributed by atoms with Crippen LogP contribution >= 0.6 is 0 Å². The van der Waals surface area contributed by atoms with Crippen molar-refractivity contribution in [1.29, 1.82) is 0 Å². The summed E-state index contributed by atoms with van der Waals surface area (Å²) in [5.74, 6) is 0.592. The Morgan fingerprint density at radius 3 is 2.55 bits per heavy atom. The second kappa shape index (κ2) is 6.19. The highest BCUT2D eigenvalue weighted by Gasteiger charge is 2.30. The van der Waals surface area contributed by atoms with Crippen LogP contribution in [0.4, 0.5) is 11.5 Å². The topological polar surface area (TPSA) is 87.7 Å². The molecule has 2 heterocycles. The number of aromatic nitrogens is 2. The zero-order valence-electron chi connectivity index (χ0n) is 11.9. The quantitative estimate of drug-likeness (QED) is 0.611. The number of piperazine rings is 1. The van der Waals surface area contributed by atoms with Crippen molar-refractivity contribution in [3.63, 3.8) is 0 Å². The molecule has 1 aromatic heterocycles. The van der Waals surface area contributed by atoms with Gasteiger partial charge in [0.15, 0.2) is 0 Å². The summed E-state index contributed by atoms with van der Waals surface area (Å²) in [6.45, 7) is 5.92. The summed E-state index contributed by atoms with van der Waals surface area (Å²) >= 11 is 0. The monoisotopic (exact) mass is 283 g/mol. The van der Waals surface area contributed by atoms with Gasteiger partial charge in [-0.05, 0) is 13.3 Å². The second-order valence-corrected chi connectivity index (χ2v) is 5.04. The molecule has 1 aromatic rings. The molecule has 1 N–H and O–H groups in total. The van der Waals surface area contributed by atoms with Gasteiger partial charge < -0.3 is 10.0 Å². The molecule has 0 aromatic carbocycles. The van der Waals surface area contributed by atoms with Gasteiger partial charge >= 0.3 is 5.69 Å². The van der Waals surface area contributed by atoms with Gasteiger partial charge in [0.1, 0.15) is 5.69 Å². The van der Waals surface area contributed by atoms with Gasteiger partial charge in [-0.2, -0.15) is 5.10 Å². The van der Waals surface area contributed by atoms with Crippen molar-refractivity contribution in [3.8, 4) is 0 Å². The molecular weight excluding hydrogens is 262 g/mol. The van der Waals surface area contributed by atoms with Gasteiger partial charge in [-0.1, -0.05) is 0 Å². The van der Waals surface area contributed by atoms with E-state index in [2.05, 4.69) is 10.00 Å². The Morgan fingerprint density at radius 2 is 2.00 bits per heavy atom. The SMILES string of the molecule is Cc1nn(C)c(N2CCN(CCCO)CC2)c1[N+](=O)[O-]. The van der Waals surface area contributed by atoms with Crippen molar-refractivity contribution in [2.75, 3.05) is 44.2 Å². The first-order valence-electron chi connectivity index (χ1n) is 6.80. The maximum absolute atomic E-state index is 11.2. The van der Waals surface area contributed by atoms with Crippen molar-refractivity contribution < 1.29 is 10.0 Å². The summed E-state index contributed by atoms with van der Waals surface area (Å²) < 4.78 is 1.59. The third kappa shape index (κ3) is 2.91. The van der Waals surface area contributed by atoms with Crippen molar-refractivity contribution in [2.45, 2.75) is 13.3 Å². The number of aryl methyl sites for hydroxylation is 2. The molecular formula is C12H21N5O3. The van der Waals surface area contributed by atoms with Gasteiger partial charge in [-0.3, -0.25) is 15.0 Å². The minimum atomic E-state index is -0.351. The average Bonchev–Trinajstić information content (AvgIpc) is 2.72. The van der Waals surface area contributed by atoms with Crippen LogP contribution < -0.4 is 4.90 Å². The van der Waals surface area contributed by atoms with Gasteiger partial charge in [0.25, 0.3) is 0 Å². The molecule has 8 nitrogen and oxygen atoms in total. The van der Waals surface area contributed by atoms with Crippen LogP contribution in [0.3, 0.4) is 0 Å². The minimum Gasteiger partial charge on any atom is -0.396 e. The summed E-state index contributed by atoms with van der Waals surface area (Å²) in [5.41, 5.74) is 0.562. The first-order valence-corrected chi connectivity index (χ1v) is 6.80. The smallest absolute Gasteiger partial charge is 0.333 e. The summed E-state index contributed by atoms with van der Waals surface area (Å²) in [7, 11) is 1.74. The van der Waals surface area contributed by atoms with E-state index in [1.54, 1.807) is 18.7 Å². The number of hydrogen-bond acceptors (Lipinski definition) is 6. The fourth-order valence-corrected chi connectivity index (χ4v) is 2.68. The largest absolute Gasteiger partial charge is 0.396 e. The number of nitrogens with zero attached hydrogens (tertiary/aromatic N) is 5. The maximum atomic E-state index is 11.2. The predicted octanol–water partition coefficient (Wildman–Crippen LogP) is 0.141. The Morgan fingerprint density at radius 1 is 1.35 bits per heavy atom. The van der Waals surface area contributed by atoms with Gasteiger partial charge in [0.2, 0.25) is 5.82 Å². The van der Waals surface area contributed by atoms with Crippen LogP contribution in [0.1, 0.15) is 12.1 Å². The fourth-order valence-electron chi connectivity index (χ4n) is 2.68. The number of aliphatic hydroxyl groups is 1. The maximum Gasteiger partial charge on any atom is 0.333 e. The zero-order chi connectivity index (χ0) is 14.7. The highest BCUT2D eigenvalue weighted by atomic mass is 16.6. The number of nitro groups is 1. The normalized spacial score (nSPS) is 16.6. The first kappa shape index (κ1) is 14.7. The third-order valence-corrected chi connectivity index (χ3v) is 3.65. The standard InChI is InChI=1S/C12H21N5O3/c1-10-11(17(19)20)12(14(2)13-10)16-7-5-15(6-8-16)4-3-9-18/h18H,3-9H2,1-2H3. The van der Waals surface area contributed by atoms with Crippen LogP contribution in [0.25, 0.3) is 0 Å². The van der Waals surface area contributed by atoms with E-state index < -0.39 is 0 Å². The van der Waals surface area contributed by atoms with Crippen LogP contribution in [0, 0.1) is 17.0 Å². The molecule has 0 saturated carbocycles. The van der Waals surface area contributed by atoms with E-state index in [1.165, 1.54) is 0 Å². The molecule has 0 unspecified atom stereocenters. The van der Waals surface area contributed by atoms with Crippen molar-refractivity contribution in [3.05, 3.63) is 15.8 Å². The summed E-state index contributed by atoms with van der Waals surface area (Å²) in [4.78, 5) is 15.1. The van der Waals surface area contributed by atoms with Gasteiger partial charge in [0.05, 0.1) is 4.92 Å². The Hall–Kier alpha value is -1.67. The van der Waals surface area contributed by atoms with Gasteiger partial charge in [0, 0.05) is 46.4 Å². The van der Waals surface area contributed by atoms with Crippen molar-refractivity contribution >= 4 is 11.5 Å². The number of aliphatic hydroxyl groups excluding tert-OH is 1. The van der Waals surface area contributed by atoms with Crippen LogP contribution in [0.5, 0.6) is 0 Å². The number of anilines is 1. The average molecular weight is 283 g/mol. The molecule has 1 fully saturated rings. The lowest BCUT2D eigenvalue weighted by molar-refractivity contribution is -0.384. The molecule has 0 atom stereocenters. The van der Waals surface area contributed by atoms with Crippen molar-refractivity contribution in [2.24, 2.45) is 7.05 Å². The van der Waals surface area contributed by atoms with E-state index in [9.17, 15) is 10.1 Å². The molecule has 0 spiro atoms. The summed E-state index contributed by atoms with van der Waals surface area (Å²) in [5, 5.41) is 24.2. The summed E-state index contributed by atoms with van der Waals surface area (Å²) in [6.07, 6.45) is 0.769. The molecule has 1 aliphatic heterocycles. The molecule has 0 aliphatic carbocycles. The molecule has 0 amide bonds. The zero-order valence-corrected chi connectivity index (χ0v) is 11.9.